The molecule has 0 saturated carbocycles. The smallest absolute Gasteiger partial charge is 0.164 e. The van der Waals surface area contributed by atoms with Crippen LogP contribution < -0.4 is 0 Å². The summed E-state index contributed by atoms with van der Waals surface area (Å²) in [6, 6.07) is 58.0. The van der Waals surface area contributed by atoms with E-state index in [0.717, 1.165) is 43.6 Å². The minimum atomic E-state index is 0.659. The van der Waals surface area contributed by atoms with E-state index in [0.29, 0.717) is 17.5 Å². The molecule has 0 atom stereocenters. The van der Waals surface area contributed by atoms with Gasteiger partial charge in [-0.3, -0.25) is 0 Å². The van der Waals surface area contributed by atoms with E-state index in [1.165, 1.54) is 37.7 Å². The number of fused-ring (bicyclic) bond motifs is 10. The predicted octanol–water partition coefficient (Wildman–Crippen LogP) is 11.8. The standard InChI is InChI=1S/C45H27N3/c1-3-17-30-28(13-1)15-11-25-38(30)43-46-44(39-26-12-16-29-14-2-4-18-31(29)39)48-45(47-43)41-27-40-34-21-6-5-19-32(34)33-20-7-9-23-36(33)42(40)37-24-10-8-22-35(37)41/h1-27H. The van der Waals surface area contributed by atoms with E-state index in [2.05, 4.69) is 164 Å². The van der Waals surface area contributed by atoms with Gasteiger partial charge >= 0.3 is 0 Å². The number of aromatic nitrogens is 3. The molecule has 222 valence electrons. The van der Waals surface area contributed by atoms with Crippen molar-refractivity contribution >= 4 is 64.6 Å². The summed E-state index contributed by atoms with van der Waals surface area (Å²) in [7, 11) is 0. The maximum absolute atomic E-state index is 5.31. The summed E-state index contributed by atoms with van der Waals surface area (Å²) in [5.74, 6) is 1.98. The Balaban J connectivity index is 1.35. The zero-order valence-electron chi connectivity index (χ0n) is 25.9. The molecule has 1 heterocycles. The van der Waals surface area contributed by atoms with E-state index in [4.69, 9.17) is 15.0 Å². The van der Waals surface area contributed by atoms with Crippen LogP contribution >= 0.6 is 0 Å². The molecular weight excluding hydrogens is 583 g/mol. The second kappa shape index (κ2) is 10.5. The van der Waals surface area contributed by atoms with Crippen LogP contribution in [0.4, 0.5) is 0 Å². The first kappa shape index (κ1) is 26.7. The molecule has 0 amide bonds. The van der Waals surface area contributed by atoms with E-state index in [-0.39, 0.29) is 0 Å². The second-order valence-electron chi connectivity index (χ2n) is 12.3. The third-order valence-electron chi connectivity index (χ3n) is 9.69. The fourth-order valence-electron chi connectivity index (χ4n) is 7.53. The number of hydrogen-bond donors (Lipinski definition) is 0. The van der Waals surface area contributed by atoms with Crippen molar-refractivity contribution in [3.05, 3.63) is 164 Å². The lowest BCUT2D eigenvalue weighted by atomic mass is 9.89. The maximum Gasteiger partial charge on any atom is 0.164 e. The molecule has 10 rings (SSSR count). The molecule has 0 bridgehead atoms. The van der Waals surface area contributed by atoms with Gasteiger partial charge in [-0.05, 0) is 70.7 Å². The van der Waals surface area contributed by atoms with Crippen molar-refractivity contribution in [2.24, 2.45) is 0 Å². The molecule has 9 aromatic carbocycles. The van der Waals surface area contributed by atoms with Gasteiger partial charge in [-0.1, -0.05) is 158 Å². The highest BCUT2D eigenvalue weighted by Crippen LogP contribution is 2.43. The predicted molar refractivity (Wildman–Crippen MR) is 201 cm³/mol. The number of nitrogens with zero attached hydrogens (tertiary/aromatic N) is 3. The highest BCUT2D eigenvalue weighted by Gasteiger charge is 2.20. The van der Waals surface area contributed by atoms with Crippen LogP contribution in [-0.2, 0) is 0 Å². The molecule has 1 aromatic heterocycles. The van der Waals surface area contributed by atoms with Gasteiger partial charge in [-0.25, -0.2) is 15.0 Å². The van der Waals surface area contributed by atoms with Crippen LogP contribution in [0.2, 0.25) is 0 Å². The summed E-state index contributed by atoms with van der Waals surface area (Å²) in [4.78, 5) is 15.8. The quantitative estimate of drug-likeness (QED) is 0.187. The first-order valence-electron chi connectivity index (χ1n) is 16.3. The Morgan fingerprint density at radius 2 is 0.604 bits per heavy atom. The summed E-state index contributed by atoms with van der Waals surface area (Å²) in [6.45, 7) is 0. The Morgan fingerprint density at radius 3 is 1.15 bits per heavy atom. The van der Waals surface area contributed by atoms with Crippen LogP contribution in [0.15, 0.2) is 164 Å². The average Bonchev–Trinajstić information content (AvgIpc) is 3.17. The Morgan fingerprint density at radius 1 is 0.250 bits per heavy atom. The molecule has 0 unspecified atom stereocenters. The molecule has 0 fully saturated rings. The number of hydrogen-bond acceptors (Lipinski definition) is 3. The Hall–Kier alpha value is -6.45. The normalized spacial score (nSPS) is 11.8. The van der Waals surface area contributed by atoms with Crippen LogP contribution in [0.5, 0.6) is 0 Å². The zero-order valence-corrected chi connectivity index (χ0v) is 25.9. The van der Waals surface area contributed by atoms with Gasteiger partial charge in [0.1, 0.15) is 0 Å². The van der Waals surface area contributed by atoms with E-state index < -0.39 is 0 Å². The van der Waals surface area contributed by atoms with Crippen molar-refractivity contribution < 1.29 is 0 Å². The van der Waals surface area contributed by atoms with Crippen molar-refractivity contribution in [1.29, 1.82) is 0 Å². The highest BCUT2D eigenvalue weighted by atomic mass is 15.0. The van der Waals surface area contributed by atoms with Crippen LogP contribution in [-0.4, -0.2) is 15.0 Å². The van der Waals surface area contributed by atoms with Gasteiger partial charge in [-0.2, -0.15) is 0 Å². The van der Waals surface area contributed by atoms with Gasteiger partial charge in [0.15, 0.2) is 17.5 Å². The Kier molecular flexibility index (Phi) is 5.87. The molecule has 0 spiro atoms. The molecular formula is C45H27N3. The third kappa shape index (κ3) is 4.04. The van der Waals surface area contributed by atoms with E-state index in [1.807, 2.05) is 0 Å². The minimum absolute atomic E-state index is 0.659. The zero-order chi connectivity index (χ0) is 31.6. The lowest BCUT2D eigenvalue weighted by molar-refractivity contribution is 1.08. The van der Waals surface area contributed by atoms with Gasteiger partial charge in [0, 0.05) is 16.7 Å². The molecule has 0 N–H and O–H groups in total. The average molecular weight is 610 g/mol. The fourth-order valence-corrected chi connectivity index (χ4v) is 7.53. The molecule has 0 aliphatic rings. The van der Waals surface area contributed by atoms with Gasteiger partial charge in [0.25, 0.3) is 0 Å². The first-order chi connectivity index (χ1) is 23.8. The molecule has 48 heavy (non-hydrogen) atoms. The van der Waals surface area contributed by atoms with Crippen molar-refractivity contribution in [2.45, 2.75) is 0 Å². The van der Waals surface area contributed by atoms with Gasteiger partial charge < -0.3 is 0 Å². The van der Waals surface area contributed by atoms with Crippen molar-refractivity contribution in [3.63, 3.8) is 0 Å². The van der Waals surface area contributed by atoms with Crippen molar-refractivity contribution in [2.75, 3.05) is 0 Å². The van der Waals surface area contributed by atoms with Crippen LogP contribution in [0.3, 0.4) is 0 Å². The van der Waals surface area contributed by atoms with E-state index in [1.54, 1.807) is 0 Å². The lowest BCUT2D eigenvalue weighted by Crippen LogP contribution is -2.01. The van der Waals surface area contributed by atoms with Crippen LogP contribution in [0, 0.1) is 0 Å². The largest absolute Gasteiger partial charge is 0.208 e. The summed E-state index contributed by atoms with van der Waals surface area (Å²) >= 11 is 0. The highest BCUT2D eigenvalue weighted by molar-refractivity contribution is 6.32. The van der Waals surface area contributed by atoms with Crippen molar-refractivity contribution in [3.8, 4) is 34.2 Å². The molecule has 3 heteroatoms. The summed E-state index contributed by atoms with van der Waals surface area (Å²) in [5, 5.41) is 14.2. The van der Waals surface area contributed by atoms with Crippen molar-refractivity contribution in [1.82, 2.24) is 15.0 Å². The monoisotopic (exact) mass is 609 g/mol. The summed E-state index contributed by atoms with van der Waals surface area (Å²) in [6.07, 6.45) is 0. The fraction of sp³-hybridized carbons (Fsp3) is 0. The molecule has 3 nitrogen and oxygen atoms in total. The Bertz CT molecular complexity index is 2800. The molecule has 0 aliphatic carbocycles. The second-order valence-corrected chi connectivity index (χ2v) is 12.3. The molecule has 0 radical (unpaired) electrons. The molecule has 10 aromatic rings. The topological polar surface area (TPSA) is 38.7 Å². The first-order valence-corrected chi connectivity index (χ1v) is 16.3. The summed E-state index contributed by atoms with van der Waals surface area (Å²) in [5.41, 5.74) is 2.96. The third-order valence-corrected chi connectivity index (χ3v) is 9.69. The minimum Gasteiger partial charge on any atom is -0.208 e. The van der Waals surface area contributed by atoms with Crippen LogP contribution in [0.25, 0.3) is 98.8 Å². The van der Waals surface area contributed by atoms with Gasteiger partial charge in [-0.15, -0.1) is 0 Å². The number of rotatable bonds is 3. The lowest BCUT2D eigenvalue weighted by Gasteiger charge is -2.16. The molecule has 0 aliphatic heterocycles. The van der Waals surface area contributed by atoms with E-state index >= 15 is 0 Å². The Labute approximate surface area is 276 Å². The number of benzene rings is 9. The van der Waals surface area contributed by atoms with Gasteiger partial charge in [0.2, 0.25) is 0 Å². The van der Waals surface area contributed by atoms with E-state index in [9.17, 15) is 0 Å². The SMILES string of the molecule is c1ccc2c(-c3nc(-c4cccc5ccccc45)nc(-c4cc5c6ccccc6c6ccccc6c5c5ccccc45)n3)cccc2c1. The van der Waals surface area contributed by atoms with Crippen LogP contribution in [0.1, 0.15) is 0 Å². The maximum atomic E-state index is 5.31. The summed E-state index contributed by atoms with van der Waals surface area (Å²) < 4.78 is 0. The molecule has 0 saturated heterocycles. The van der Waals surface area contributed by atoms with Gasteiger partial charge in [0.05, 0.1) is 0 Å².